The van der Waals surface area contributed by atoms with E-state index in [0.29, 0.717) is 19.3 Å². The summed E-state index contributed by atoms with van der Waals surface area (Å²) >= 11 is 0. The normalized spacial score (nSPS) is 43.9. The maximum absolute atomic E-state index is 17.2. The number of hydrogen-bond donors (Lipinski definition) is 5. The zero-order chi connectivity index (χ0) is 52.4. The Kier molecular flexibility index (Phi) is 15.1. The van der Waals surface area contributed by atoms with Crippen LogP contribution in [0.25, 0.3) is 0 Å². The Labute approximate surface area is 405 Å². The zero-order valence-corrected chi connectivity index (χ0v) is 40.9. The van der Waals surface area contributed by atoms with Gasteiger partial charge in [0.15, 0.2) is 40.9 Å². The topological polar surface area (TPSA) is 239 Å². The molecule has 0 radical (unpaired) electrons. The number of rotatable bonds is 10. The highest BCUT2D eigenvalue weighted by atomic mass is 19.2. The van der Waals surface area contributed by atoms with E-state index in [1.54, 1.807) is 20.8 Å². The molecule has 16 atom stereocenters. The van der Waals surface area contributed by atoms with E-state index >= 15 is 17.6 Å². The Morgan fingerprint density at radius 3 is 1.60 bits per heavy atom. The predicted molar refractivity (Wildman–Crippen MR) is 242 cm³/mol. The molecule has 0 aliphatic heterocycles. The van der Waals surface area contributed by atoms with Crippen LogP contribution in [0, 0.1) is 45.3 Å². The first-order valence-electron chi connectivity index (χ1n) is 24.4. The molecule has 18 heteroatoms. The molecule has 5 N–H and O–H groups in total. The van der Waals surface area contributed by atoms with Crippen LogP contribution < -0.4 is 0 Å². The molecule has 0 spiro atoms. The van der Waals surface area contributed by atoms with Gasteiger partial charge in [-0.15, -0.1) is 0 Å². The van der Waals surface area contributed by atoms with E-state index in [-0.39, 0.29) is 62.5 Å². The molecule has 0 aromatic rings. The number of carboxylic acids is 1. The van der Waals surface area contributed by atoms with Crippen molar-refractivity contribution in [2.24, 2.45) is 45.3 Å². The van der Waals surface area contributed by atoms with Gasteiger partial charge in [0.1, 0.15) is 24.6 Å². The fourth-order valence-corrected chi connectivity index (χ4v) is 14.6. The van der Waals surface area contributed by atoms with Gasteiger partial charge in [0.25, 0.3) is 0 Å². The lowest BCUT2D eigenvalue weighted by Gasteiger charge is -2.63. The summed E-state index contributed by atoms with van der Waals surface area (Å²) in [4.78, 5) is 83.3. The van der Waals surface area contributed by atoms with Crippen LogP contribution in [0.4, 0.5) is 17.6 Å². The SMILES string of the molecule is CCCC(=O)O.CCCC(=O)O[C@]1(C(=O)COC(C)=O)CC[C@H]2[C@@H]3C[C@H](F)C4=CC(=O)C=C[C@]4(C)[C@@]3(F)[C@@H](O)C[C@@]21C.C[C@]12C=CC(=O)C=C1[C@@H](F)C[C@H]1[C@@H]3CC[C@](O)(C(=O)CO)[C@@]3(C)C[C@H](O)[C@@]12F. The summed E-state index contributed by atoms with van der Waals surface area (Å²) in [6.07, 6.45) is 2.32. The molecule has 70 heavy (non-hydrogen) atoms. The molecule has 0 aromatic carbocycles. The van der Waals surface area contributed by atoms with Crippen LogP contribution in [0.1, 0.15) is 126 Å². The summed E-state index contributed by atoms with van der Waals surface area (Å²) in [5, 5.41) is 50.7. The van der Waals surface area contributed by atoms with Gasteiger partial charge in [0, 0.05) is 53.3 Å². The summed E-state index contributed by atoms with van der Waals surface area (Å²) in [5.74, 6) is -7.30. The maximum atomic E-state index is 17.2. The molecule has 0 unspecified atom stereocenters. The third kappa shape index (κ3) is 8.09. The van der Waals surface area contributed by atoms with E-state index in [0.717, 1.165) is 25.5 Å². The number of carboxylic acid groups (broad SMARTS) is 1. The lowest BCUT2D eigenvalue weighted by Crippen LogP contribution is -2.70. The molecule has 6 saturated carbocycles. The Hall–Kier alpha value is -4.39. The van der Waals surface area contributed by atoms with Gasteiger partial charge in [0.2, 0.25) is 5.78 Å². The van der Waals surface area contributed by atoms with Crippen LogP contribution in [-0.4, -0.2) is 127 Å². The minimum absolute atomic E-state index is 0.0148. The predicted octanol–water partition coefficient (Wildman–Crippen LogP) is 5.99. The molecule has 6 fully saturated rings. The van der Waals surface area contributed by atoms with E-state index in [1.165, 1.54) is 38.2 Å². The van der Waals surface area contributed by atoms with Crippen molar-refractivity contribution in [3.8, 4) is 0 Å². The van der Waals surface area contributed by atoms with Crippen molar-refractivity contribution in [1.82, 2.24) is 0 Å². The number of hydrogen-bond acceptors (Lipinski definition) is 13. The number of aliphatic hydroxyl groups is 4. The summed E-state index contributed by atoms with van der Waals surface area (Å²) in [6.45, 7) is 9.63. The van der Waals surface area contributed by atoms with Crippen molar-refractivity contribution in [1.29, 1.82) is 0 Å². The summed E-state index contributed by atoms with van der Waals surface area (Å²) in [5.41, 5.74) is -13.5. The molecule has 8 aliphatic carbocycles. The number of aliphatic hydroxyl groups excluding tert-OH is 3. The molecule has 0 amide bonds. The van der Waals surface area contributed by atoms with Gasteiger partial charge in [-0.1, -0.05) is 39.8 Å². The molecule has 0 saturated heterocycles. The molecule has 8 aliphatic rings. The molecular weight excluding hydrogens is 925 g/mol. The van der Waals surface area contributed by atoms with Crippen LogP contribution in [-0.2, 0) is 43.0 Å². The average molecular weight is 993 g/mol. The lowest BCUT2D eigenvalue weighted by atomic mass is 9.44. The second kappa shape index (κ2) is 19.2. The van der Waals surface area contributed by atoms with Gasteiger partial charge >= 0.3 is 17.9 Å². The monoisotopic (exact) mass is 992 g/mol. The third-order valence-electron chi connectivity index (χ3n) is 18.2. The van der Waals surface area contributed by atoms with Crippen molar-refractivity contribution in [3.63, 3.8) is 0 Å². The highest BCUT2D eigenvalue weighted by molar-refractivity contribution is 6.02. The summed E-state index contributed by atoms with van der Waals surface area (Å²) < 4.78 is 75.5. The summed E-state index contributed by atoms with van der Waals surface area (Å²) in [6, 6.07) is 0. The maximum Gasteiger partial charge on any atom is 0.306 e. The molecule has 0 heterocycles. The first kappa shape index (κ1) is 54.9. The number of esters is 2. The first-order chi connectivity index (χ1) is 32.5. The Morgan fingerprint density at radius 2 is 1.17 bits per heavy atom. The highest BCUT2D eigenvalue weighted by Crippen LogP contribution is 2.72. The molecule has 388 valence electrons. The van der Waals surface area contributed by atoms with Gasteiger partial charge in [-0.3, -0.25) is 33.6 Å². The number of fused-ring (bicyclic) bond motifs is 10. The van der Waals surface area contributed by atoms with Crippen LogP contribution in [0.5, 0.6) is 0 Å². The van der Waals surface area contributed by atoms with Gasteiger partial charge in [0.05, 0.1) is 12.2 Å². The standard InChI is InChI=1S/C27H34F2O7.C21H26F2O5.C4H8O2/c1-5-6-23(34)36-26(22(33)14-35-15(2)30)10-8-17-18-12-20(28)19-11-16(31)7-9-24(19,3)27(18,29)21(32)13-25(17,26)4;1-18-5-3-11(25)7-14(18)15(22)8-13-12-4-6-20(28,17(27)10-24)19(12,2)9-16(26)21(13,18)23;1-2-3-4(5)6/h7,9,11,17-18,20-21,32H,5-6,8,10,12-14H2,1-4H3;3,5,7,12-13,15-16,24,26,28H,4,6,8-10H2,1-2H3;2-3H2,1H3,(H,5,6)/t17-,18-,20-,21-,24-,25-,26-,27-;12-,13-,15-,16-,18-,19-,20-,21-;/m00./s1. The van der Waals surface area contributed by atoms with Crippen LogP contribution in [0.15, 0.2) is 47.6 Å². The van der Waals surface area contributed by atoms with E-state index in [2.05, 4.69) is 0 Å². The van der Waals surface area contributed by atoms with Crippen LogP contribution in [0.2, 0.25) is 0 Å². The van der Waals surface area contributed by atoms with Crippen LogP contribution >= 0.6 is 0 Å². The van der Waals surface area contributed by atoms with Crippen molar-refractivity contribution in [2.75, 3.05) is 13.2 Å². The summed E-state index contributed by atoms with van der Waals surface area (Å²) in [7, 11) is 0. The zero-order valence-electron chi connectivity index (χ0n) is 40.9. The number of aliphatic carboxylic acids is 1. The Bertz CT molecular complexity index is 2300. The minimum atomic E-state index is -2.30. The number of allylic oxidation sites excluding steroid dienone is 8. The number of halogens is 4. The number of carbonyl (C=O) groups excluding carboxylic acids is 6. The number of ketones is 4. The Morgan fingerprint density at radius 1 is 0.714 bits per heavy atom. The fraction of sp³-hybridized carbons (Fsp3) is 0.712. The molecule has 0 bridgehead atoms. The smallest absolute Gasteiger partial charge is 0.306 e. The highest BCUT2D eigenvalue weighted by Gasteiger charge is 2.78. The van der Waals surface area contributed by atoms with Crippen molar-refractivity contribution in [2.45, 2.75) is 173 Å². The molecule has 8 rings (SSSR count). The van der Waals surface area contributed by atoms with Gasteiger partial charge in [-0.2, -0.15) is 0 Å². The minimum Gasteiger partial charge on any atom is -0.481 e. The number of alkyl halides is 4. The first-order valence-corrected chi connectivity index (χ1v) is 24.4. The van der Waals surface area contributed by atoms with Gasteiger partial charge in [-0.05, 0) is 125 Å². The van der Waals surface area contributed by atoms with Gasteiger partial charge < -0.3 is 35.0 Å². The van der Waals surface area contributed by atoms with Crippen molar-refractivity contribution >= 4 is 41.0 Å². The van der Waals surface area contributed by atoms with Crippen LogP contribution in [0.3, 0.4) is 0 Å². The van der Waals surface area contributed by atoms with Gasteiger partial charge in [-0.25, -0.2) is 17.6 Å². The quantitative estimate of drug-likeness (QED) is 0.125. The lowest BCUT2D eigenvalue weighted by molar-refractivity contribution is -0.229. The number of carbonyl (C=O) groups is 7. The van der Waals surface area contributed by atoms with Crippen molar-refractivity contribution < 1.29 is 86.1 Å². The largest absolute Gasteiger partial charge is 0.481 e. The molecule has 0 aromatic heterocycles. The third-order valence-corrected chi connectivity index (χ3v) is 18.2. The second-order valence-corrected chi connectivity index (χ2v) is 21.6. The average Bonchev–Trinajstić information content (AvgIpc) is 3.72. The van der Waals surface area contributed by atoms with E-state index in [4.69, 9.17) is 14.6 Å². The second-order valence-electron chi connectivity index (χ2n) is 21.6. The fourth-order valence-electron chi connectivity index (χ4n) is 14.6. The Balaban J connectivity index is 0.000000210. The number of Topliss-reactive ketones (excluding diaryl/α,β-unsaturated/α-hetero) is 2. The molecular formula is C52H68F4O14. The van der Waals surface area contributed by atoms with E-state index in [1.807, 2.05) is 6.92 Å². The van der Waals surface area contributed by atoms with Crippen molar-refractivity contribution in [3.05, 3.63) is 47.6 Å². The molecule has 14 nitrogen and oxygen atoms in total. The van der Waals surface area contributed by atoms with E-state index < -0.39 is 147 Å². The van der Waals surface area contributed by atoms with E-state index in [9.17, 15) is 54.0 Å². The number of ether oxygens (including phenoxy) is 2.